The van der Waals surface area contributed by atoms with Gasteiger partial charge >= 0.3 is 12.1 Å². The van der Waals surface area contributed by atoms with Gasteiger partial charge in [-0.15, -0.1) is 0 Å². The van der Waals surface area contributed by atoms with E-state index in [1.807, 2.05) is 50.2 Å². The average Bonchev–Trinajstić information content (AvgIpc) is 3.34. The summed E-state index contributed by atoms with van der Waals surface area (Å²) in [6.07, 6.45) is 0.404. The van der Waals surface area contributed by atoms with E-state index in [0.717, 1.165) is 22.3 Å². The number of carbonyl (C=O) groups excluding carboxylic acids is 2. The molecule has 35 heavy (non-hydrogen) atoms. The van der Waals surface area contributed by atoms with E-state index in [1.54, 1.807) is 7.05 Å². The van der Waals surface area contributed by atoms with E-state index in [0.29, 0.717) is 0 Å². The number of anilines is 1. The number of rotatable bonds is 8. The number of ether oxygens (including phenoxy) is 1. The molecule has 0 unspecified atom stereocenters. The highest BCUT2D eigenvalue weighted by Gasteiger charge is 2.29. The van der Waals surface area contributed by atoms with Crippen LogP contribution in [0.1, 0.15) is 47.7 Å². The van der Waals surface area contributed by atoms with Crippen LogP contribution in [0.5, 0.6) is 0 Å². The van der Waals surface area contributed by atoms with Gasteiger partial charge in [-0.2, -0.15) is 5.10 Å². The van der Waals surface area contributed by atoms with E-state index < -0.39 is 24.0 Å². The number of carbonyl (C=O) groups is 3. The van der Waals surface area contributed by atoms with Gasteiger partial charge in [0.25, 0.3) is 5.91 Å². The Labute approximate surface area is 203 Å². The molecule has 182 valence electrons. The number of hydrogen-bond acceptors (Lipinski definition) is 5. The summed E-state index contributed by atoms with van der Waals surface area (Å²) in [4.78, 5) is 36.7. The van der Waals surface area contributed by atoms with Crippen LogP contribution < -0.4 is 10.6 Å². The Morgan fingerprint density at radius 3 is 2.23 bits per heavy atom. The molecular weight excluding hydrogens is 448 g/mol. The Morgan fingerprint density at radius 1 is 1.06 bits per heavy atom. The lowest BCUT2D eigenvalue weighted by Gasteiger charge is -2.20. The minimum atomic E-state index is -1.01. The molecule has 1 aliphatic rings. The van der Waals surface area contributed by atoms with Gasteiger partial charge in [-0.3, -0.25) is 19.6 Å². The van der Waals surface area contributed by atoms with Crippen LogP contribution >= 0.6 is 0 Å². The molecule has 0 spiro atoms. The molecule has 3 aromatic rings. The molecule has 0 bridgehead atoms. The first-order valence-corrected chi connectivity index (χ1v) is 11.4. The zero-order chi connectivity index (χ0) is 25.1. The van der Waals surface area contributed by atoms with Crippen molar-refractivity contribution in [3.8, 4) is 11.1 Å². The number of aliphatic carboxylic acids is 1. The number of benzene rings is 2. The summed E-state index contributed by atoms with van der Waals surface area (Å²) in [5, 5.41) is 18.5. The fraction of sp³-hybridized carbons (Fsp3) is 0.308. The molecular formula is C26H28N4O5. The molecule has 9 heteroatoms. The number of amides is 2. The first kappa shape index (κ1) is 24.0. The topological polar surface area (TPSA) is 123 Å². The van der Waals surface area contributed by atoms with Gasteiger partial charge in [0.1, 0.15) is 18.0 Å². The van der Waals surface area contributed by atoms with Crippen molar-refractivity contribution in [1.29, 1.82) is 0 Å². The number of aromatic nitrogens is 2. The maximum Gasteiger partial charge on any atom is 0.412 e. The van der Waals surface area contributed by atoms with Crippen LogP contribution in [0, 0.1) is 5.92 Å². The number of hydrogen-bond donors (Lipinski definition) is 3. The summed E-state index contributed by atoms with van der Waals surface area (Å²) in [5.74, 6) is -1.55. The summed E-state index contributed by atoms with van der Waals surface area (Å²) in [7, 11) is 1.59. The molecule has 2 amide bonds. The second kappa shape index (κ2) is 10.0. The normalized spacial score (nSPS) is 13.1. The zero-order valence-electron chi connectivity index (χ0n) is 19.8. The van der Waals surface area contributed by atoms with Gasteiger partial charge in [0, 0.05) is 19.0 Å². The third kappa shape index (κ3) is 5.03. The summed E-state index contributed by atoms with van der Waals surface area (Å²) >= 11 is 0. The van der Waals surface area contributed by atoms with Gasteiger partial charge in [-0.1, -0.05) is 62.4 Å². The van der Waals surface area contributed by atoms with Crippen molar-refractivity contribution in [2.75, 3.05) is 11.9 Å². The van der Waals surface area contributed by atoms with Gasteiger partial charge < -0.3 is 15.2 Å². The van der Waals surface area contributed by atoms with E-state index in [4.69, 9.17) is 9.84 Å². The molecule has 0 radical (unpaired) electrons. The van der Waals surface area contributed by atoms with Gasteiger partial charge in [0.2, 0.25) is 0 Å². The van der Waals surface area contributed by atoms with Gasteiger partial charge in [-0.05, 0) is 28.2 Å². The van der Waals surface area contributed by atoms with Crippen molar-refractivity contribution in [1.82, 2.24) is 15.1 Å². The summed E-state index contributed by atoms with van der Waals surface area (Å²) in [6, 6.07) is 15.5. The van der Waals surface area contributed by atoms with E-state index in [-0.39, 0.29) is 36.2 Å². The minimum Gasteiger partial charge on any atom is -0.481 e. The summed E-state index contributed by atoms with van der Waals surface area (Å²) < 4.78 is 6.93. The Hall–Kier alpha value is -4.14. The van der Waals surface area contributed by atoms with E-state index in [2.05, 4.69) is 27.9 Å². The molecule has 0 saturated carbocycles. The van der Waals surface area contributed by atoms with Crippen LogP contribution in [0.25, 0.3) is 11.1 Å². The molecule has 1 aliphatic carbocycles. The van der Waals surface area contributed by atoms with Crippen LogP contribution in [0.2, 0.25) is 0 Å². The Kier molecular flexibility index (Phi) is 6.86. The molecule has 3 N–H and O–H groups in total. The lowest BCUT2D eigenvalue weighted by atomic mass is 9.98. The molecule has 0 fully saturated rings. The van der Waals surface area contributed by atoms with Crippen LogP contribution in [-0.4, -0.2) is 45.5 Å². The van der Waals surface area contributed by atoms with Crippen molar-refractivity contribution >= 4 is 23.8 Å². The van der Waals surface area contributed by atoms with E-state index in [9.17, 15) is 14.4 Å². The summed E-state index contributed by atoms with van der Waals surface area (Å²) in [5.41, 5.74) is 4.57. The van der Waals surface area contributed by atoms with Crippen LogP contribution in [0.15, 0.2) is 54.7 Å². The maximum atomic E-state index is 12.8. The molecule has 2 aromatic carbocycles. The van der Waals surface area contributed by atoms with Crippen LogP contribution in [0.3, 0.4) is 0 Å². The van der Waals surface area contributed by atoms with Crippen molar-refractivity contribution < 1.29 is 24.2 Å². The van der Waals surface area contributed by atoms with E-state index >= 15 is 0 Å². The number of fused-ring (bicyclic) bond motifs is 3. The SMILES string of the molecule is CC(C)[C@@H](CC(=O)O)NC(=O)c1cnn(C)c1NC(=O)OCC1c2ccccc2-c2ccccc21. The molecule has 0 aliphatic heterocycles. The zero-order valence-corrected chi connectivity index (χ0v) is 19.8. The molecule has 9 nitrogen and oxygen atoms in total. The van der Waals surface area contributed by atoms with Gasteiger partial charge in [0.05, 0.1) is 12.6 Å². The highest BCUT2D eigenvalue weighted by atomic mass is 16.5. The highest BCUT2D eigenvalue weighted by Crippen LogP contribution is 2.44. The number of carboxylic acid groups (broad SMARTS) is 1. The third-order valence-electron chi connectivity index (χ3n) is 6.26. The lowest BCUT2D eigenvalue weighted by Crippen LogP contribution is -2.40. The van der Waals surface area contributed by atoms with Crippen molar-refractivity contribution in [2.45, 2.75) is 32.2 Å². The molecule has 1 atom stereocenters. The highest BCUT2D eigenvalue weighted by molar-refractivity contribution is 6.01. The first-order valence-electron chi connectivity index (χ1n) is 11.4. The third-order valence-corrected chi connectivity index (χ3v) is 6.26. The first-order chi connectivity index (χ1) is 16.8. The predicted octanol–water partition coefficient (Wildman–Crippen LogP) is 4.01. The second-order valence-electron chi connectivity index (χ2n) is 8.90. The minimum absolute atomic E-state index is 0.0923. The Balaban J connectivity index is 1.45. The van der Waals surface area contributed by atoms with E-state index in [1.165, 1.54) is 10.9 Å². The molecule has 1 heterocycles. The van der Waals surface area contributed by atoms with Crippen molar-refractivity contribution in [3.05, 3.63) is 71.4 Å². The quantitative estimate of drug-likeness (QED) is 0.452. The number of nitrogens with one attached hydrogen (secondary N) is 2. The number of carboxylic acids is 1. The molecule has 1 aromatic heterocycles. The monoisotopic (exact) mass is 476 g/mol. The predicted molar refractivity (Wildman–Crippen MR) is 130 cm³/mol. The number of aryl methyl sites for hydroxylation is 1. The average molecular weight is 477 g/mol. The summed E-state index contributed by atoms with van der Waals surface area (Å²) in [6.45, 7) is 3.78. The van der Waals surface area contributed by atoms with Gasteiger partial charge in [-0.25, -0.2) is 4.79 Å². The lowest BCUT2D eigenvalue weighted by molar-refractivity contribution is -0.137. The smallest absolute Gasteiger partial charge is 0.412 e. The Bertz CT molecular complexity index is 1220. The van der Waals surface area contributed by atoms with Crippen LogP contribution in [0.4, 0.5) is 10.6 Å². The fourth-order valence-corrected chi connectivity index (χ4v) is 4.37. The van der Waals surface area contributed by atoms with Crippen molar-refractivity contribution in [3.63, 3.8) is 0 Å². The number of nitrogens with zero attached hydrogens (tertiary/aromatic N) is 2. The largest absolute Gasteiger partial charge is 0.481 e. The second-order valence-corrected chi connectivity index (χ2v) is 8.90. The maximum absolute atomic E-state index is 12.8. The molecule has 4 rings (SSSR count). The van der Waals surface area contributed by atoms with Gasteiger partial charge in [0.15, 0.2) is 0 Å². The molecule has 0 saturated heterocycles. The van der Waals surface area contributed by atoms with Crippen LogP contribution in [-0.2, 0) is 16.6 Å². The fourth-order valence-electron chi connectivity index (χ4n) is 4.37. The van der Waals surface area contributed by atoms with Crippen molar-refractivity contribution in [2.24, 2.45) is 13.0 Å². The standard InChI is InChI=1S/C26H28N4O5/c1-15(2)22(12-23(31)32)28-25(33)20-13-27-30(3)24(20)29-26(34)35-14-21-18-10-6-4-8-16(18)17-9-5-7-11-19(17)21/h4-11,13,15,21-22H,12,14H2,1-3H3,(H,28,33)(H,29,34)(H,31,32)/t22-/m1/s1. The Morgan fingerprint density at radius 2 is 1.66 bits per heavy atom.